The molecule has 1 aliphatic rings. The van der Waals surface area contributed by atoms with Crippen LogP contribution in [0.3, 0.4) is 0 Å². The first kappa shape index (κ1) is 26.1. The molecule has 4 N–H and O–H groups in total. The maximum Gasteiger partial charge on any atom is 0.356 e. The number of aromatic amines is 2. The monoisotopic (exact) mass is 540 g/mol. The molecule has 14 nitrogen and oxygen atoms in total. The Morgan fingerprint density at radius 2 is 1.73 bits per heavy atom. The predicted octanol–water partition coefficient (Wildman–Crippen LogP) is 2.81. The van der Waals surface area contributed by atoms with Gasteiger partial charge in [-0.15, -0.1) is 0 Å². The van der Waals surface area contributed by atoms with E-state index in [1.807, 2.05) is 32.9 Å². The maximum absolute atomic E-state index is 12.8. The largest absolute Gasteiger partial charge is 0.476 e. The standard InChI is InChI=1S/C21H20N8O2.C5H4N2O2/c1-4-29-16-8-13-12(7-11(16)21(2,3)20(29)31)25-18(26-13)17-14(10-24-28-17)27-19(30)15-9-22-5-6-23-15;8-5(9)4-3-6-1-2-7-4/h5-10H,4H2,1-3H3,(H,24,28)(H,25,26)(H,27,30);1-3H,(H,8,9). The lowest BCUT2D eigenvalue weighted by molar-refractivity contribution is -0.122. The van der Waals surface area contributed by atoms with Gasteiger partial charge >= 0.3 is 5.97 Å². The summed E-state index contributed by atoms with van der Waals surface area (Å²) in [5.41, 5.74) is 3.93. The minimum atomic E-state index is -1.05. The summed E-state index contributed by atoms with van der Waals surface area (Å²) < 4.78 is 0. The number of carboxylic acids is 1. The summed E-state index contributed by atoms with van der Waals surface area (Å²) in [6, 6.07) is 3.90. The molecule has 0 saturated heterocycles. The second-order valence-electron chi connectivity index (χ2n) is 9.25. The van der Waals surface area contributed by atoms with Crippen molar-refractivity contribution in [1.82, 2.24) is 40.1 Å². The number of imidazole rings is 1. The third-order valence-corrected chi connectivity index (χ3v) is 6.36. The van der Waals surface area contributed by atoms with E-state index >= 15 is 0 Å². The number of H-pyrrole nitrogens is 2. The number of benzene rings is 1. The highest BCUT2D eigenvalue weighted by atomic mass is 16.4. The summed E-state index contributed by atoms with van der Waals surface area (Å²) in [6.07, 6.45) is 9.81. The molecule has 0 radical (unpaired) electrons. The van der Waals surface area contributed by atoms with E-state index in [0.717, 1.165) is 22.3 Å². The molecule has 6 rings (SSSR count). The van der Waals surface area contributed by atoms with Gasteiger partial charge in [0.25, 0.3) is 5.91 Å². The minimum Gasteiger partial charge on any atom is -0.476 e. The molecule has 2 amide bonds. The number of rotatable bonds is 5. The number of hydrogen-bond donors (Lipinski definition) is 4. The van der Waals surface area contributed by atoms with Crippen LogP contribution in [0.15, 0.2) is 55.5 Å². The third kappa shape index (κ3) is 4.73. The zero-order chi connectivity index (χ0) is 28.4. The Morgan fingerprint density at radius 3 is 2.33 bits per heavy atom. The summed E-state index contributed by atoms with van der Waals surface area (Å²) in [4.78, 5) is 60.0. The number of carbonyl (C=O) groups excluding carboxylic acids is 2. The van der Waals surface area contributed by atoms with Gasteiger partial charge in [-0.05, 0) is 38.5 Å². The molecule has 4 aromatic heterocycles. The third-order valence-electron chi connectivity index (χ3n) is 6.36. The quantitative estimate of drug-likeness (QED) is 0.257. The molecule has 0 atom stereocenters. The summed E-state index contributed by atoms with van der Waals surface area (Å²) in [5.74, 6) is -0.842. The van der Waals surface area contributed by atoms with Crippen LogP contribution >= 0.6 is 0 Å². The number of aromatic carboxylic acids is 1. The second kappa shape index (κ2) is 10.3. The number of hydrogen-bond acceptors (Lipinski definition) is 9. The molecular formula is C26H24N10O4. The Bertz CT molecular complexity index is 1710. The van der Waals surface area contributed by atoms with E-state index < -0.39 is 17.3 Å². The summed E-state index contributed by atoms with van der Waals surface area (Å²) >= 11 is 0. The van der Waals surface area contributed by atoms with Crippen LogP contribution < -0.4 is 10.2 Å². The molecule has 0 bridgehead atoms. The molecule has 5 aromatic rings. The van der Waals surface area contributed by atoms with Gasteiger partial charge < -0.3 is 20.3 Å². The van der Waals surface area contributed by atoms with Crippen molar-refractivity contribution in [3.05, 3.63) is 72.5 Å². The van der Waals surface area contributed by atoms with Gasteiger partial charge in [-0.3, -0.25) is 24.7 Å². The lowest BCUT2D eigenvalue weighted by Crippen LogP contribution is -2.35. The van der Waals surface area contributed by atoms with Crippen molar-refractivity contribution in [2.75, 3.05) is 16.8 Å². The van der Waals surface area contributed by atoms with Crippen LogP contribution in [-0.4, -0.2) is 69.5 Å². The molecule has 0 unspecified atom stereocenters. The van der Waals surface area contributed by atoms with Gasteiger partial charge in [0.2, 0.25) is 5.91 Å². The van der Waals surface area contributed by atoms with Crippen molar-refractivity contribution in [2.24, 2.45) is 0 Å². The molecule has 1 aromatic carbocycles. The number of carbonyl (C=O) groups is 3. The SMILES string of the molecule is CCN1C(=O)C(C)(C)c2cc3[nH]c(-c4[nH]ncc4NC(=O)c4cnccn4)nc3cc21.O=C(O)c1cnccn1. The Morgan fingerprint density at radius 1 is 1.02 bits per heavy atom. The first-order valence-electron chi connectivity index (χ1n) is 12.2. The smallest absolute Gasteiger partial charge is 0.356 e. The first-order chi connectivity index (χ1) is 19.2. The number of anilines is 2. The van der Waals surface area contributed by atoms with Gasteiger partial charge in [0.1, 0.15) is 11.4 Å². The van der Waals surface area contributed by atoms with Crippen molar-refractivity contribution < 1.29 is 19.5 Å². The molecule has 14 heteroatoms. The predicted molar refractivity (Wildman–Crippen MR) is 144 cm³/mol. The number of fused-ring (bicyclic) bond motifs is 2. The van der Waals surface area contributed by atoms with Gasteiger partial charge in [0.15, 0.2) is 11.5 Å². The van der Waals surface area contributed by atoms with Crippen LogP contribution in [0.5, 0.6) is 0 Å². The minimum absolute atomic E-state index is 0.0301. The van der Waals surface area contributed by atoms with Crippen LogP contribution in [0.1, 0.15) is 47.3 Å². The molecule has 5 heterocycles. The van der Waals surface area contributed by atoms with E-state index in [0.29, 0.717) is 23.8 Å². The van der Waals surface area contributed by atoms with Gasteiger partial charge in [-0.25, -0.2) is 19.7 Å². The van der Waals surface area contributed by atoms with Gasteiger partial charge in [0, 0.05) is 31.3 Å². The summed E-state index contributed by atoms with van der Waals surface area (Å²) in [6.45, 7) is 6.42. The highest BCUT2D eigenvalue weighted by Gasteiger charge is 2.43. The van der Waals surface area contributed by atoms with Crippen molar-refractivity contribution in [3.63, 3.8) is 0 Å². The van der Waals surface area contributed by atoms with E-state index in [-0.39, 0.29) is 17.3 Å². The lowest BCUT2D eigenvalue weighted by atomic mass is 9.86. The second-order valence-corrected chi connectivity index (χ2v) is 9.25. The fraction of sp³-hybridized carbons (Fsp3) is 0.192. The fourth-order valence-corrected chi connectivity index (χ4v) is 4.34. The Hall–Kier alpha value is -5.53. The van der Waals surface area contributed by atoms with Gasteiger partial charge in [-0.2, -0.15) is 5.10 Å². The van der Waals surface area contributed by atoms with E-state index in [1.54, 1.807) is 4.90 Å². The molecule has 40 heavy (non-hydrogen) atoms. The Labute approximate surface area is 226 Å². The molecule has 0 fully saturated rings. The summed E-state index contributed by atoms with van der Waals surface area (Å²) in [5, 5.41) is 18.0. The van der Waals surface area contributed by atoms with Crippen LogP contribution in [0.25, 0.3) is 22.6 Å². The van der Waals surface area contributed by atoms with Gasteiger partial charge in [0.05, 0.1) is 46.4 Å². The van der Waals surface area contributed by atoms with E-state index in [2.05, 4.69) is 45.4 Å². The highest BCUT2D eigenvalue weighted by Crippen LogP contribution is 2.43. The molecule has 1 aliphatic heterocycles. The number of carboxylic acid groups (broad SMARTS) is 1. The van der Waals surface area contributed by atoms with E-state index in [4.69, 9.17) is 5.11 Å². The lowest BCUT2D eigenvalue weighted by Gasteiger charge is -2.18. The van der Waals surface area contributed by atoms with Crippen molar-refractivity contribution in [2.45, 2.75) is 26.2 Å². The van der Waals surface area contributed by atoms with Gasteiger partial charge in [-0.1, -0.05) is 0 Å². The van der Waals surface area contributed by atoms with Crippen molar-refractivity contribution in [3.8, 4) is 11.5 Å². The zero-order valence-electron chi connectivity index (χ0n) is 21.7. The zero-order valence-corrected chi connectivity index (χ0v) is 21.7. The molecule has 0 aliphatic carbocycles. The topological polar surface area (TPSA) is 196 Å². The Balaban J connectivity index is 0.000000306. The number of aromatic nitrogens is 8. The molecular weight excluding hydrogens is 516 g/mol. The van der Waals surface area contributed by atoms with Crippen LogP contribution in [0.4, 0.5) is 11.4 Å². The molecule has 0 spiro atoms. The van der Waals surface area contributed by atoms with Crippen molar-refractivity contribution >= 4 is 40.2 Å². The number of likely N-dealkylation sites (N-methyl/N-ethyl adjacent to an activating group) is 1. The van der Waals surface area contributed by atoms with Crippen LogP contribution in [-0.2, 0) is 10.2 Å². The molecule has 0 saturated carbocycles. The summed E-state index contributed by atoms with van der Waals surface area (Å²) in [7, 11) is 0. The number of amides is 2. The van der Waals surface area contributed by atoms with Crippen LogP contribution in [0.2, 0.25) is 0 Å². The first-order valence-corrected chi connectivity index (χ1v) is 12.2. The Kier molecular flexibility index (Phi) is 6.73. The highest BCUT2D eigenvalue weighted by molar-refractivity contribution is 6.09. The maximum atomic E-state index is 12.8. The molecule has 202 valence electrons. The van der Waals surface area contributed by atoms with Crippen molar-refractivity contribution in [1.29, 1.82) is 0 Å². The average molecular weight is 541 g/mol. The number of nitrogens with zero attached hydrogens (tertiary/aromatic N) is 7. The van der Waals surface area contributed by atoms with E-state index in [1.165, 1.54) is 43.4 Å². The fourth-order valence-electron chi connectivity index (χ4n) is 4.34. The van der Waals surface area contributed by atoms with Crippen LogP contribution in [0, 0.1) is 0 Å². The average Bonchev–Trinajstić information content (AvgIpc) is 3.64. The normalized spacial score (nSPS) is 13.5. The van der Waals surface area contributed by atoms with E-state index in [9.17, 15) is 14.4 Å². The number of nitrogens with one attached hydrogen (secondary N) is 3.